The summed E-state index contributed by atoms with van der Waals surface area (Å²) in [5.41, 5.74) is -0.645. The van der Waals surface area contributed by atoms with E-state index in [-0.39, 0.29) is 11.4 Å². The van der Waals surface area contributed by atoms with Crippen LogP contribution in [0.4, 0.5) is 5.69 Å². The topological polar surface area (TPSA) is 110 Å². The second-order valence-corrected chi connectivity index (χ2v) is 6.59. The average Bonchev–Trinajstić information content (AvgIpc) is 2.38. The van der Waals surface area contributed by atoms with Crippen LogP contribution in [0.3, 0.4) is 0 Å². The lowest BCUT2D eigenvalue weighted by Crippen LogP contribution is -2.26. The van der Waals surface area contributed by atoms with Crippen molar-refractivity contribution in [1.82, 2.24) is 4.72 Å². The van der Waals surface area contributed by atoms with Gasteiger partial charge in [0.15, 0.2) is 5.75 Å². The maximum absolute atomic E-state index is 11.9. The van der Waals surface area contributed by atoms with E-state index in [1.54, 1.807) is 6.08 Å². The van der Waals surface area contributed by atoms with Gasteiger partial charge in [0.25, 0.3) is 0 Å². The predicted octanol–water partition coefficient (Wildman–Crippen LogP) is 1.50. The summed E-state index contributed by atoms with van der Waals surface area (Å²) < 4.78 is 26.1. The number of sulfonamides is 1. The third-order valence-corrected chi connectivity index (χ3v) is 4.65. The summed E-state index contributed by atoms with van der Waals surface area (Å²) in [5, 5.41) is 19.9. The molecule has 0 radical (unpaired) electrons. The molecule has 0 aromatic heterocycles. The number of phenolic OH excluding ortho intramolecular Hbond substituents is 1. The van der Waals surface area contributed by atoms with Gasteiger partial charge in [-0.3, -0.25) is 10.1 Å². The molecule has 0 aliphatic rings. The van der Waals surface area contributed by atoms with Gasteiger partial charge < -0.3 is 5.11 Å². The van der Waals surface area contributed by atoms with Gasteiger partial charge in [-0.05, 0) is 12.1 Å². The highest BCUT2D eigenvalue weighted by Gasteiger charge is 2.20. The summed E-state index contributed by atoms with van der Waals surface area (Å²) >= 11 is 1.51. The highest BCUT2D eigenvalue weighted by Crippen LogP contribution is 2.28. The number of nitrogens with one attached hydrogen (secondary N) is 1. The van der Waals surface area contributed by atoms with Gasteiger partial charge in [0.2, 0.25) is 10.0 Å². The fraction of sp³-hybridized carbons (Fsp3) is 0.273. The molecule has 1 rings (SSSR count). The molecule has 9 heteroatoms. The average molecular weight is 318 g/mol. The van der Waals surface area contributed by atoms with E-state index in [1.165, 1.54) is 11.8 Å². The summed E-state index contributed by atoms with van der Waals surface area (Å²) in [6, 6.07) is 2.93. The molecule has 0 saturated carbocycles. The molecule has 0 aliphatic carbocycles. The van der Waals surface area contributed by atoms with Gasteiger partial charge in [0.05, 0.1) is 9.82 Å². The molecule has 20 heavy (non-hydrogen) atoms. The van der Waals surface area contributed by atoms with E-state index >= 15 is 0 Å². The van der Waals surface area contributed by atoms with Crippen molar-refractivity contribution >= 4 is 27.5 Å². The second kappa shape index (κ2) is 7.27. The number of thioether (sulfide) groups is 1. The highest BCUT2D eigenvalue weighted by atomic mass is 32.2. The minimum atomic E-state index is -3.82. The zero-order chi connectivity index (χ0) is 15.2. The Hall–Kier alpha value is -1.58. The van der Waals surface area contributed by atoms with Crippen LogP contribution in [0.15, 0.2) is 35.7 Å². The summed E-state index contributed by atoms with van der Waals surface area (Å²) in [7, 11) is -3.82. The Morgan fingerprint density at radius 2 is 2.20 bits per heavy atom. The van der Waals surface area contributed by atoms with E-state index in [4.69, 9.17) is 0 Å². The smallest absolute Gasteiger partial charge is 0.312 e. The Kier molecular flexibility index (Phi) is 5.99. The largest absolute Gasteiger partial charge is 0.502 e. The van der Waals surface area contributed by atoms with Crippen LogP contribution in [-0.4, -0.2) is 36.5 Å². The van der Waals surface area contributed by atoms with E-state index in [0.717, 1.165) is 18.2 Å². The van der Waals surface area contributed by atoms with E-state index in [2.05, 4.69) is 11.3 Å². The third-order valence-electron chi connectivity index (χ3n) is 2.23. The molecule has 2 N–H and O–H groups in total. The number of benzene rings is 1. The molecular weight excluding hydrogens is 304 g/mol. The van der Waals surface area contributed by atoms with Crippen molar-refractivity contribution in [1.29, 1.82) is 0 Å². The number of phenols is 1. The SMILES string of the molecule is C=CCSCCNS(=O)(=O)c1ccc(O)c([N+](=O)[O-])c1. The van der Waals surface area contributed by atoms with Crippen LogP contribution in [0.5, 0.6) is 5.75 Å². The maximum atomic E-state index is 11.9. The quantitative estimate of drug-likeness (QED) is 0.325. The Morgan fingerprint density at radius 1 is 1.50 bits per heavy atom. The number of nitrogens with zero attached hydrogens (tertiary/aromatic N) is 1. The van der Waals surface area contributed by atoms with Crippen LogP contribution in [0.25, 0.3) is 0 Å². The number of aromatic hydroxyl groups is 1. The third kappa shape index (κ3) is 4.51. The molecule has 1 aromatic carbocycles. The number of hydrogen-bond acceptors (Lipinski definition) is 6. The number of rotatable bonds is 8. The zero-order valence-electron chi connectivity index (χ0n) is 10.5. The molecule has 0 amide bonds. The second-order valence-electron chi connectivity index (χ2n) is 3.67. The Bertz CT molecular complexity index is 601. The van der Waals surface area contributed by atoms with Crippen molar-refractivity contribution in [3.63, 3.8) is 0 Å². The summed E-state index contributed by atoms with van der Waals surface area (Å²) in [5.74, 6) is 0.702. The number of nitro benzene ring substituents is 1. The van der Waals surface area contributed by atoms with E-state index in [9.17, 15) is 23.6 Å². The lowest BCUT2D eigenvalue weighted by molar-refractivity contribution is -0.386. The van der Waals surface area contributed by atoms with Crippen LogP contribution < -0.4 is 4.72 Å². The van der Waals surface area contributed by atoms with Crippen LogP contribution in [0, 0.1) is 10.1 Å². The van der Waals surface area contributed by atoms with E-state index < -0.39 is 26.4 Å². The van der Waals surface area contributed by atoms with Gasteiger partial charge >= 0.3 is 5.69 Å². The molecule has 0 fully saturated rings. The van der Waals surface area contributed by atoms with Gasteiger partial charge in [0, 0.05) is 24.1 Å². The summed E-state index contributed by atoms with van der Waals surface area (Å²) in [6.07, 6.45) is 1.71. The lowest BCUT2D eigenvalue weighted by Gasteiger charge is -2.06. The first-order valence-electron chi connectivity index (χ1n) is 5.54. The first kappa shape index (κ1) is 16.5. The van der Waals surface area contributed by atoms with Gasteiger partial charge in [0.1, 0.15) is 0 Å². The Labute approximate surface area is 120 Å². The normalized spacial score (nSPS) is 11.2. The Balaban J connectivity index is 2.80. The molecule has 0 atom stereocenters. The van der Waals surface area contributed by atoms with Crippen molar-refractivity contribution in [3.8, 4) is 5.75 Å². The molecular formula is C11H14N2O5S2. The van der Waals surface area contributed by atoms with Gasteiger partial charge in [-0.2, -0.15) is 11.8 Å². The van der Waals surface area contributed by atoms with Crippen LogP contribution in [0.2, 0.25) is 0 Å². The molecule has 0 unspecified atom stereocenters. The van der Waals surface area contributed by atoms with Crippen molar-refractivity contribution in [2.24, 2.45) is 0 Å². The molecule has 0 heterocycles. The highest BCUT2D eigenvalue weighted by molar-refractivity contribution is 7.99. The molecule has 0 bridgehead atoms. The van der Waals surface area contributed by atoms with Crippen LogP contribution in [-0.2, 0) is 10.0 Å². The molecule has 0 saturated heterocycles. The fourth-order valence-electron chi connectivity index (χ4n) is 1.31. The van der Waals surface area contributed by atoms with Gasteiger partial charge in [-0.1, -0.05) is 6.08 Å². The lowest BCUT2D eigenvalue weighted by atomic mass is 10.3. The first-order valence-corrected chi connectivity index (χ1v) is 8.18. The minimum Gasteiger partial charge on any atom is -0.502 e. The van der Waals surface area contributed by atoms with Crippen molar-refractivity contribution in [2.75, 3.05) is 18.1 Å². The van der Waals surface area contributed by atoms with Gasteiger partial charge in [-0.15, -0.1) is 6.58 Å². The number of hydrogen-bond donors (Lipinski definition) is 2. The minimum absolute atomic E-state index is 0.204. The molecule has 7 nitrogen and oxygen atoms in total. The fourth-order valence-corrected chi connectivity index (χ4v) is 3.08. The first-order chi connectivity index (χ1) is 9.38. The van der Waals surface area contributed by atoms with Gasteiger partial charge in [-0.25, -0.2) is 13.1 Å². The summed E-state index contributed by atoms with van der Waals surface area (Å²) in [6.45, 7) is 3.75. The van der Waals surface area contributed by atoms with E-state index in [1.807, 2.05) is 0 Å². The zero-order valence-corrected chi connectivity index (χ0v) is 12.1. The molecule has 1 aromatic rings. The monoisotopic (exact) mass is 318 g/mol. The van der Waals surface area contributed by atoms with Crippen molar-refractivity contribution in [3.05, 3.63) is 41.0 Å². The van der Waals surface area contributed by atoms with E-state index in [0.29, 0.717) is 11.5 Å². The standard InChI is InChI=1S/C11H14N2O5S2/c1-2-6-19-7-5-12-20(17,18)9-3-4-11(14)10(8-9)13(15)16/h2-4,8,12,14H,1,5-7H2. The molecule has 0 spiro atoms. The maximum Gasteiger partial charge on any atom is 0.312 e. The van der Waals surface area contributed by atoms with Crippen LogP contribution in [0.1, 0.15) is 0 Å². The molecule has 110 valence electrons. The summed E-state index contributed by atoms with van der Waals surface area (Å²) in [4.78, 5) is 9.56. The van der Waals surface area contributed by atoms with Crippen molar-refractivity contribution < 1.29 is 18.4 Å². The number of nitro groups is 1. The van der Waals surface area contributed by atoms with Crippen LogP contribution >= 0.6 is 11.8 Å². The molecule has 0 aliphatic heterocycles. The predicted molar refractivity (Wildman–Crippen MR) is 77.5 cm³/mol. The Morgan fingerprint density at radius 3 is 2.80 bits per heavy atom. The van der Waals surface area contributed by atoms with Crippen molar-refractivity contribution in [2.45, 2.75) is 4.90 Å².